The fraction of sp³-hybridized carbons (Fsp3) is 0.529. The van der Waals surface area contributed by atoms with Crippen LogP contribution < -0.4 is 0 Å². The number of amides is 1. The molecule has 1 amide bonds. The van der Waals surface area contributed by atoms with Crippen LogP contribution in [0.3, 0.4) is 0 Å². The first kappa shape index (κ1) is 15.5. The Morgan fingerprint density at radius 2 is 2.00 bits per heavy atom. The van der Waals surface area contributed by atoms with Crippen LogP contribution in [0.5, 0.6) is 0 Å². The van der Waals surface area contributed by atoms with Crippen molar-refractivity contribution in [2.75, 3.05) is 6.54 Å². The number of carbonyl (C=O) groups excluding carboxylic acids is 1. The van der Waals surface area contributed by atoms with Gasteiger partial charge in [0.2, 0.25) is 5.91 Å². The smallest absolute Gasteiger partial charge is 0.303 e. The molecule has 0 aliphatic carbocycles. The van der Waals surface area contributed by atoms with Crippen LogP contribution in [-0.2, 0) is 16.0 Å². The van der Waals surface area contributed by atoms with Crippen molar-refractivity contribution in [3.05, 3.63) is 35.9 Å². The van der Waals surface area contributed by atoms with E-state index in [2.05, 4.69) is 12.1 Å². The molecule has 1 N–H and O–H groups in total. The molecule has 0 saturated carbocycles. The van der Waals surface area contributed by atoms with Crippen molar-refractivity contribution in [2.24, 2.45) is 5.92 Å². The molecule has 2 atom stereocenters. The maximum atomic E-state index is 12.4. The first-order valence-electron chi connectivity index (χ1n) is 7.61. The average Bonchev–Trinajstić information content (AvgIpc) is 2.87. The van der Waals surface area contributed by atoms with Crippen LogP contribution in [0.2, 0.25) is 0 Å². The van der Waals surface area contributed by atoms with Gasteiger partial charge in [-0.15, -0.1) is 0 Å². The fourth-order valence-corrected chi connectivity index (χ4v) is 3.05. The summed E-state index contributed by atoms with van der Waals surface area (Å²) >= 11 is 0. The van der Waals surface area contributed by atoms with E-state index < -0.39 is 5.97 Å². The summed E-state index contributed by atoms with van der Waals surface area (Å²) in [7, 11) is 0. The minimum absolute atomic E-state index is 0.0585. The van der Waals surface area contributed by atoms with Gasteiger partial charge < -0.3 is 10.0 Å². The normalized spacial score (nSPS) is 19.5. The number of benzene rings is 1. The Bertz CT molecular complexity index is 486. The van der Waals surface area contributed by atoms with Crippen LogP contribution in [0.15, 0.2) is 30.3 Å². The Morgan fingerprint density at radius 1 is 1.29 bits per heavy atom. The summed E-state index contributed by atoms with van der Waals surface area (Å²) in [6.45, 7) is 2.63. The number of aliphatic carboxylic acids is 1. The molecule has 1 aromatic carbocycles. The van der Waals surface area contributed by atoms with Crippen molar-refractivity contribution in [2.45, 2.75) is 45.1 Å². The molecule has 1 aliphatic rings. The quantitative estimate of drug-likeness (QED) is 0.876. The maximum Gasteiger partial charge on any atom is 0.303 e. The highest BCUT2D eigenvalue weighted by Crippen LogP contribution is 2.23. The molecule has 1 fully saturated rings. The summed E-state index contributed by atoms with van der Waals surface area (Å²) in [6.07, 6.45) is 3.35. The Labute approximate surface area is 125 Å². The Hall–Kier alpha value is -1.84. The molecule has 2 rings (SSSR count). The van der Waals surface area contributed by atoms with Gasteiger partial charge in [-0.1, -0.05) is 37.3 Å². The van der Waals surface area contributed by atoms with Crippen LogP contribution in [0.4, 0.5) is 0 Å². The highest BCUT2D eigenvalue weighted by molar-refractivity contribution is 5.78. The lowest BCUT2D eigenvalue weighted by Gasteiger charge is -2.26. The third-order valence-electron chi connectivity index (χ3n) is 4.06. The second-order valence-electron chi connectivity index (χ2n) is 5.98. The zero-order valence-corrected chi connectivity index (χ0v) is 12.5. The van der Waals surface area contributed by atoms with Crippen molar-refractivity contribution in [1.82, 2.24) is 4.90 Å². The number of likely N-dealkylation sites (tertiary alicyclic amines) is 1. The van der Waals surface area contributed by atoms with E-state index in [0.717, 1.165) is 25.8 Å². The van der Waals surface area contributed by atoms with Gasteiger partial charge in [0.15, 0.2) is 0 Å². The largest absolute Gasteiger partial charge is 0.481 e. The van der Waals surface area contributed by atoms with Crippen molar-refractivity contribution < 1.29 is 14.7 Å². The molecule has 114 valence electrons. The first-order valence-corrected chi connectivity index (χ1v) is 7.61. The van der Waals surface area contributed by atoms with Gasteiger partial charge in [0.1, 0.15) is 0 Å². The van der Waals surface area contributed by atoms with E-state index in [0.29, 0.717) is 6.42 Å². The zero-order valence-electron chi connectivity index (χ0n) is 12.5. The highest BCUT2D eigenvalue weighted by Gasteiger charge is 2.29. The van der Waals surface area contributed by atoms with Gasteiger partial charge in [-0.3, -0.25) is 9.59 Å². The molecule has 0 bridgehead atoms. The lowest BCUT2D eigenvalue weighted by atomic mass is 10.0. The molecule has 0 spiro atoms. The van der Waals surface area contributed by atoms with Gasteiger partial charge >= 0.3 is 5.97 Å². The zero-order chi connectivity index (χ0) is 15.2. The van der Waals surface area contributed by atoms with E-state index in [4.69, 9.17) is 5.11 Å². The molecule has 0 radical (unpaired) electrons. The summed E-state index contributed by atoms with van der Waals surface area (Å²) < 4.78 is 0. The van der Waals surface area contributed by atoms with E-state index >= 15 is 0 Å². The minimum atomic E-state index is -0.836. The molecule has 0 aromatic heterocycles. The van der Waals surface area contributed by atoms with E-state index in [1.54, 1.807) is 0 Å². The summed E-state index contributed by atoms with van der Waals surface area (Å²) in [5.74, 6) is -0.840. The highest BCUT2D eigenvalue weighted by atomic mass is 16.4. The van der Waals surface area contributed by atoms with Gasteiger partial charge in [-0.2, -0.15) is 0 Å². The number of nitrogens with zero attached hydrogens (tertiary/aromatic N) is 1. The van der Waals surface area contributed by atoms with E-state index in [9.17, 15) is 9.59 Å². The van der Waals surface area contributed by atoms with Crippen LogP contribution >= 0.6 is 0 Å². The number of carbonyl (C=O) groups is 2. The van der Waals surface area contributed by atoms with Crippen LogP contribution in [-0.4, -0.2) is 34.5 Å². The van der Waals surface area contributed by atoms with Gasteiger partial charge in [-0.05, 0) is 30.7 Å². The molecule has 21 heavy (non-hydrogen) atoms. The molecule has 1 heterocycles. The number of carboxylic acids is 1. The number of rotatable bonds is 6. The van der Waals surface area contributed by atoms with Gasteiger partial charge in [0, 0.05) is 25.4 Å². The molecule has 4 nitrogen and oxygen atoms in total. The predicted molar refractivity (Wildman–Crippen MR) is 80.9 cm³/mol. The molecular formula is C17H23NO3. The van der Waals surface area contributed by atoms with Crippen LogP contribution in [0.1, 0.15) is 38.2 Å². The summed E-state index contributed by atoms with van der Waals surface area (Å²) in [5, 5.41) is 8.78. The second kappa shape index (κ2) is 7.25. The molecule has 2 unspecified atom stereocenters. The Balaban J connectivity index is 1.92. The average molecular weight is 289 g/mol. The monoisotopic (exact) mass is 289 g/mol. The molecular weight excluding hydrogens is 266 g/mol. The van der Waals surface area contributed by atoms with E-state index in [1.807, 2.05) is 30.0 Å². The second-order valence-corrected chi connectivity index (χ2v) is 5.98. The Morgan fingerprint density at radius 3 is 2.67 bits per heavy atom. The van der Waals surface area contributed by atoms with Crippen molar-refractivity contribution in [3.8, 4) is 0 Å². The van der Waals surface area contributed by atoms with Crippen LogP contribution in [0, 0.1) is 5.92 Å². The maximum absolute atomic E-state index is 12.4. The van der Waals surface area contributed by atoms with Gasteiger partial charge in [0.05, 0.1) is 0 Å². The fourth-order valence-electron chi connectivity index (χ4n) is 3.05. The van der Waals surface area contributed by atoms with Crippen molar-refractivity contribution >= 4 is 11.9 Å². The predicted octanol–water partition coefficient (Wildman–Crippen LogP) is 2.72. The summed E-state index contributed by atoms with van der Waals surface area (Å²) in [5.41, 5.74) is 1.25. The van der Waals surface area contributed by atoms with E-state index in [1.165, 1.54) is 5.56 Å². The first-order chi connectivity index (χ1) is 10.1. The number of hydrogen-bond donors (Lipinski definition) is 1. The van der Waals surface area contributed by atoms with Crippen LogP contribution in [0.25, 0.3) is 0 Å². The van der Waals surface area contributed by atoms with Gasteiger partial charge in [0.25, 0.3) is 0 Å². The van der Waals surface area contributed by atoms with E-state index in [-0.39, 0.29) is 24.3 Å². The molecule has 4 heteroatoms. The third-order valence-corrected chi connectivity index (χ3v) is 4.06. The lowest BCUT2D eigenvalue weighted by molar-refractivity contribution is -0.138. The lowest BCUT2D eigenvalue weighted by Crippen LogP contribution is -2.37. The molecule has 1 aromatic rings. The SMILES string of the molecule is CC(CC(=O)O)CC(=O)N1CCCC1Cc1ccccc1. The molecule has 1 saturated heterocycles. The van der Waals surface area contributed by atoms with Gasteiger partial charge in [-0.25, -0.2) is 0 Å². The standard InChI is InChI=1S/C17H23NO3/c1-13(11-17(20)21)10-16(19)18-9-5-8-15(18)12-14-6-3-2-4-7-14/h2-4,6-7,13,15H,5,8-12H2,1H3,(H,20,21). The topological polar surface area (TPSA) is 57.6 Å². The number of hydrogen-bond acceptors (Lipinski definition) is 2. The number of carboxylic acid groups (broad SMARTS) is 1. The Kier molecular flexibility index (Phi) is 5.37. The van der Waals surface area contributed by atoms with Crippen molar-refractivity contribution in [3.63, 3.8) is 0 Å². The summed E-state index contributed by atoms with van der Waals surface area (Å²) in [4.78, 5) is 25.0. The van der Waals surface area contributed by atoms with Crippen molar-refractivity contribution in [1.29, 1.82) is 0 Å². The summed E-state index contributed by atoms with van der Waals surface area (Å²) in [6, 6.07) is 10.5. The molecule has 1 aliphatic heterocycles. The minimum Gasteiger partial charge on any atom is -0.481 e. The third kappa shape index (κ3) is 4.59.